The van der Waals surface area contributed by atoms with E-state index in [-0.39, 0.29) is 0 Å². The zero-order chi connectivity index (χ0) is 28.1. The van der Waals surface area contributed by atoms with E-state index in [9.17, 15) is 0 Å². The normalized spacial score (nSPS) is 11.6. The molecular weight excluding hydrogens is 472 g/mol. The maximum atomic E-state index is 2.60. The summed E-state index contributed by atoms with van der Waals surface area (Å²) < 4.78 is 5.17. The van der Waals surface area contributed by atoms with Crippen LogP contribution in [0, 0.1) is 0 Å². The molecular formula is C37H73N2+. The fourth-order valence-electron chi connectivity index (χ4n) is 6.12. The highest BCUT2D eigenvalue weighted by atomic mass is 15.1. The molecule has 0 bridgehead atoms. The number of imidazole rings is 1. The Morgan fingerprint density at radius 3 is 1.21 bits per heavy atom. The monoisotopic (exact) mass is 546 g/mol. The SMILES string of the molecule is CCCCCCCCCCCCCCCCCCCc1n(CCCC)cc[n+]1CCCCCCCCCCC. The predicted molar refractivity (Wildman–Crippen MR) is 175 cm³/mol. The van der Waals surface area contributed by atoms with Crippen molar-refractivity contribution in [3.8, 4) is 0 Å². The molecule has 0 aliphatic rings. The first kappa shape index (κ1) is 36.2. The molecule has 1 aromatic rings. The molecule has 0 N–H and O–H groups in total. The number of unbranched alkanes of at least 4 members (excludes halogenated alkanes) is 25. The molecule has 0 saturated carbocycles. The Morgan fingerprint density at radius 2 is 0.795 bits per heavy atom. The van der Waals surface area contributed by atoms with Gasteiger partial charge in [0, 0.05) is 6.42 Å². The molecule has 2 heteroatoms. The fraction of sp³-hybridized carbons (Fsp3) is 0.919. The van der Waals surface area contributed by atoms with E-state index in [1.807, 2.05) is 0 Å². The molecule has 230 valence electrons. The van der Waals surface area contributed by atoms with Crippen molar-refractivity contribution in [2.45, 2.75) is 220 Å². The van der Waals surface area contributed by atoms with Crippen LogP contribution in [0.5, 0.6) is 0 Å². The number of hydrogen-bond donors (Lipinski definition) is 0. The molecule has 1 heterocycles. The smallest absolute Gasteiger partial charge is 0.234 e. The Hall–Kier alpha value is -0.790. The van der Waals surface area contributed by atoms with Gasteiger partial charge in [0.05, 0.1) is 13.1 Å². The van der Waals surface area contributed by atoms with Gasteiger partial charge in [-0.2, -0.15) is 0 Å². The molecule has 1 aromatic heterocycles. The zero-order valence-electron chi connectivity index (χ0n) is 27.5. The van der Waals surface area contributed by atoms with Gasteiger partial charge >= 0.3 is 0 Å². The summed E-state index contributed by atoms with van der Waals surface area (Å²) in [6.07, 6.45) is 46.0. The van der Waals surface area contributed by atoms with Crippen LogP contribution < -0.4 is 4.57 Å². The topological polar surface area (TPSA) is 8.81 Å². The number of hydrogen-bond acceptors (Lipinski definition) is 0. The molecule has 0 saturated heterocycles. The average molecular weight is 546 g/mol. The van der Waals surface area contributed by atoms with E-state index in [0.29, 0.717) is 0 Å². The Bertz CT molecular complexity index is 605. The lowest BCUT2D eigenvalue weighted by atomic mass is 10.0. The number of aryl methyl sites for hydroxylation is 2. The summed E-state index contributed by atoms with van der Waals surface area (Å²) in [5, 5.41) is 0. The van der Waals surface area contributed by atoms with E-state index in [1.54, 1.807) is 5.82 Å². The summed E-state index contributed by atoms with van der Waals surface area (Å²) >= 11 is 0. The van der Waals surface area contributed by atoms with Crippen molar-refractivity contribution in [1.29, 1.82) is 0 Å². The van der Waals surface area contributed by atoms with Crippen molar-refractivity contribution in [2.75, 3.05) is 0 Å². The first-order valence-corrected chi connectivity index (χ1v) is 18.4. The van der Waals surface area contributed by atoms with Gasteiger partial charge in [0.15, 0.2) is 0 Å². The van der Waals surface area contributed by atoms with Gasteiger partial charge in [-0.3, -0.25) is 0 Å². The van der Waals surface area contributed by atoms with Gasteiger partial charge in [-0.05, 0) is 25.7 Å². The Labute approximate surface area is 247 Å². The van der Waals surface area contributed by atoms with Crippen molar-refractivity contribution in [3.63, 3.8) is 0 Å². The molecule has 1 rings (SSSR count). The molecule has 2 nitrogen and oxygen atoms in total. The van der Waals surface area contributed by atoms with Crippen LogP contribution in [0.1, 0.15) is 206 Å². The van der Waals surface area contributed by atoms with E-state index >= 15 is 0 Å². The zero-order valence-corrected chi connectivity index (χ0v) is 27.5. The first-order valence-electron chi connectivity index (χ1n) is 18.4. The second-order valence-corrected chi connectivity index (χ2v) is 12.7. The van der Waals surface area contributed by atoms with Crippen LogP contribution in [0.4, 0.5) is 0 Å². The van der Waals surface area contributed by atoms with Crippen LogP contribution in [-0.2, 0) is 19.5 Å². The second kappa shape index (κ2) is 28.7. The predicted octanol–water partition coefficient (Wildman–Crippen LogP) is 12.3. The van der Waals surface area contributed by atoms with Crippen LogP contribution in [-0.4, -0.2) is 4.57 Å². The lowest BCUT2D eigenvalue weighted by molar-refractivity contribution is -0.704. The van der Waals surface area contributed by atoms with E-state index in [4.69, 9.17) is 0 Å². The van der Waals surface area contributed by atoms with Crippen molar-refractivity contribution >= 4 is 0 Å². The quantitative estimate of drug-likeness (QED) is 0.0648. The minimum atomic E-state index is 1.20. The van der Waals surface area contributed by atoms with Gasteiger partial charge in [0.2, 0.25) is 0 Å². The third-order valence-electron chi connectivity index (χ3n) is 8.85. The lowest BCUT2D eigenvalue weighted by Crippen LogP contribution is -2.37. The molecule has 0 amide bonds. The Morgan fingerprint density at radius 1 is 0.436 bits per heavy atom. The number of aromatic nitrogens is 2. The third-order valence-corrected chi connectivity index (χ3v) is 8.85. The van der Waals surface area contributed by atoms with Gasteiger partial charge in [-0.1, -0.05) is 175 Å². The van der Waals surface area contributed by atoms with E-state index in [1.165, 1.54) is 199 Å². The molecule has 0 aromatic carbocycles. The summed E-state index contributed by atoms with van der Waals surface area (Å²) in [6, 6.07) is 0. The summed E-state index contributed by atoms with van der Waals surface area (Å²) in [5.74, 6) is 1.60. The van der Waals surface area contributed by atoms with Crippen molar-refractivity contribution in [3.05, 3.63) is 18.2 Å². The van der Waals surface area contributed by atoms with Gasteiger partial charge in [-0.25, -0.2) is 9.13 Å². The van der Waals surface area contributed by atoms with Crippen LogP contribution in [0.3, 0.4) is 0 Å². The maximum Gasteiger partial charge on any atom is 0.256 e. The fourth-order valence-corrected chi connectivity index (χ4v) is 6.12. The van der Waals surface area contributed by atoms with E-state index in [0.717, 1.165) is 0 Å². The van der Waals surface area contributed by atoms with Crippen molar-refractivity contribution < 1.29 is 4.57 Å². The van der Waals surface area contributed by atoms with Crippen molar-refractivity contribution in [1.82, 2.24) is 4.57 Å². The molecule has 0 atom stereocenters. The highest BCUT2D eigenvalue weighted by Gasteiger charge is 2.16. The van der Waals surface area contributed by atoms with Crippen LogP contribution >= 0.6 is 0 Å². The number of rotatable bonds is 31. The second-order valence-electron chi connectivity index (χ2n) is 12.7. The van der Waals surface area contributed by atoms with Crippen LogP contribution in [0.2, 0.25) is 0 Å². The third kappa shape index (κ3) is 21.6. The highest BCUT2D eigenvalue weighted by Crippen LogP contribution is 2.15. The number of nitrogens with zero attached hydrogens (tertiary/aromatic N) is 2. The Balaban J connectivity index is 2.07. The molecule has 0 spiro atoms. The van der Waals surface area contributed by atoms with Gasteiger partial charge < -0.3 is 0 Å². The molecule has 39 heavy (non-hydrogen) atoms. The minimum Gasteiger partial charge on any atom is -0.234 e. The summed E-state index contributed by atoms with van der Waals surface area (Å²) in [4.78, 5) is 0. The first-order chi connectivity index (χ1) is 19.3. The standard InChI is InChI=1S/C37H73N2/c1-4-7-10-12-14-16-17-18-19-20-21-22-23-24-26-28-30-32-37-38(33-9-6-3)35-36-39(37)34-31-29-27-25-15-13-11-8-5-2/h35-36H,4-34H2,1-3H3/q+1. The average Bonchev–Trinajstić information content (AvgIpc) is 3.33. The van der Waals surface area contributed by atoms with E-state index < -0.39 is 0 Å². The van der Waals surface area contributed by atoms with Crippen LogP contribution in [0.25, 0.3) is 0 Å². The molecule has 0 aliphatic heterocycles. The molecule has 0 fully saturated rings. The van der Waals surface area contributed by atoms with Gasteiger partial charge in [0.1, 0.15) is 12.4 Å². The van der Waals surface area contributed by atoms with Gasteiger partial charge in [0.25, 0.3) is 5.82 Å². The molecule has 0 unspecified atom stereocenters. The maximum absolute atomic E-state index is 2.60. The largest absolute Gasteiger partial charge is 0.256 e. The minimum absolute atomic E-state index is 1.20. The van der Waals surface area contributed by atoms with Gasteiger partial charge in [-0.15, -0.1) is 0 Å². The summed E-state index contributed by atoms with van der Waals surface area (Å²) in [7, 11) is 0. The molecule has 0 aliphatic carbocycles. The van der Waals surface area contributed by atoms with E-state index in [2.05, 4.69) is 42.3 Å². The lowest BCUT2D eigenvalue weighted by Gasteiger charge is -2.07. The highest BCUT2D eigenvalue weighted by molar-refractivity contribution is 4.84. The molecule has 0 radical (unpaired) electrons. The van der Waals surface area contributed by atoms with Crippen LogP contribution in [0.15, 0.2) is 12.4 Å². The summed E-state index contributed by atoms with van der Waals surface area (Å²) in [6.45, 7) is 9.36. The van der Waals surface area contributed by atoms with Crippen molar-refractivity contribution in [2.24, 2.45) is 0 Å². The Kier molecular flexibility index (Phi) is 26.7. The summed E-state index contributed by atoms with van der Waals surface area (Å²) in [5.41, 5.74) is 0.